The van der Waals surface area contributed by atoms with Gasteiger partial charge in [0.1, 0.15) is 5.75 Å². The van der Waals surface area contributed by atoms with Crippen LogP contribution in [0, 0.1) is 6.92 Å². The van der Waals surface area contributed by atoms with Gasteiger partial charge in [-0.25, -0.2) is 0 Å². The predicted molar refractivity (Wildman–Crippen MR) is 79.0 cm³/mol. The highest BCUT2D eigenvalue weighted by Gasteiger charge is 2.15. The molecule has 1 fully saturated rings. The zero-order valence-corrected chi connectivity index (χ0v) is 11.9. The minimum absolute atomic E-state index is 0. The highest BCUT2D eigenvalue weighted by molar-refractivity contribution is 5.92. The fraction of sp³-hybridized carbons (Fsp3) is 0.500. The van der Waals surface area contributed by atoms with Crippen LogP contribution in [0.3, 0.4) is 0 Å². The topological polar surface area (TPSA) is 61.4 Å². The Kier molecular flexibility index (Phi) is 6.12. The highest BCUT2D eigenvalue weighted by atomic mass is 35.5. The van der Waals surface area contributed by atoms with Crippen LogP contribution >= 0.6 is 12.4 Å². The number of carbonyl (C=O) groups is 1. The molecule has 0 aliphatic carbocycles. The summed E-state index contributed by atoms with van der Waals surface area (Å²) in [7, 11) is 0. The van der Waals surface area contributed by atoms with E-state index in [2.05, 4.69) is 10.6 Å². The molecule has 0 radical (unpaired) electrons. The summed E-state index contributed by atoms with van der Waals surface area (Å²) >= 11 is 0. The first-order chi connectivity index (χ1) is 8.65. The number of anilines is 1. The van der Waals surface area contributed by atoms with Crippen LogP contribution < -0.4 is 10.6 Å². The molecule has 1 amide bonds. The molecule has 106 valence electrons. The van der Waals surface area contributed by atoms with Gasteiger partial charge in [-0.05, 0) is 50.4 Å². The maximum Gasteiger partial charge on any atom is 0.224 e. The number of amides is 1. The van der Waals surface area contributed by atoms with Crippen molar-refractivity contribution in [3.05, 3.63) is 23.8 Å². The molecule has 1 aromatic rings. The summed E-state index contributed by atoms with van der Waals surface area (Å²) in [5, 5.41) is 15.8. The molecular formula is C14H21ClN2O2. The maximum absolute atomic E-state index is 11.8. The van der Waals surface area contributed by atoms with Gasteiger partial charge in [-0.2, -0.15) is 0 Å². The molecule has 0 saturated carbocycles. The van der Waals surface area contributed by atoms with Crippen molar-refractivity contribution in [2.45, 2.75) is 38.6 Å². The summed E-state index contributed by atoms with van der Waals surface area (Å²) < 4.78 is 0. The lowest BCUT2D eigenvalue weighted by Crippen LogP contribution is -2.23. The minimum Gasteiger partial charge on any atom is -0.506 e. The Balaban J connectivity index is 0.00000180. The predicted octanol–water partition coefficient (Wildman–Crippen LogP) is 2.59. The van der Waals surface area contributed by atoms with Gasteiger partial charge in [0, 0.05) is 12.5 Å². The standard InChI is InChI=1S/C14H20N2O2.ClH/c1-10-4-6-13(17)12(9-10)16-14(18)7-5-11-3-2-8-15-11;/h4,6,9,11,15,17H,2-3,5,7-8H2,1H3,(H,16,18);1H. The molecule has 2 rings (SSSR count). The Morgan fingerprint density at radius 1 is 1.53 bits per heavy atom. The SMILES string of the molecule is Cc1ccc(O)c(NC(=O)CCC2CCCN2)c1.Cl. The number of aromatic hydroxyl groups is 1. The van der Waals surface area contributed by atoms with Crippen molar-refractivity contribution in [1.82, 2.24) is 5.32 Å². The number of carbonyl (C=O) groups excluding carboxylic acids is 1. The molecule has 1 aliphatic heterocycles. The van der Waals surface area contributed by atoms with Gasteiger partial charge in [0.25, 0.3) is 0 Å². The van der Waals surface area contributed by atoms with Gasteiger partial charge in [0.15, 0.2) is 0 Å². The average Bonchev–Trinajstić information content (AvgIpc) is 2.84. The number of hydrogen-bond acceptors (Lipinski definition) is 3. The van der Waals surface area contributed by atoms with Crippen LogP contribution in [0.25, 0.3) is 0 Å². The summed E-state index contributed by atoms with van der Waals surface area (Å²) in [4.78, 5) is 11.8. The number of nitrogens with one attached hydrogen (secondary N) is 2. The largest absolute Gasteiger partial charge is 0.506 e. The maximum atomic E-state index is 11.8. The molecule has 3 N–H and O–H groups in total. The molecule has 19 heavy (non-hydrogen) atoms. The zero-order chi connectivity index (χ0) is 13.0. The molecule has 1 atom stereocenters. The average molecular weight is 285 g/mol. The molecular weight excluding hydrogens is 264 g/mol. The Morgan fingerprint density at radius 2 is 2.32 bits per heavy atom. The van der Waals surface area contributed by atoms with Gasteiger partial charge in [-0.15, -0.1) is 12.4 Å². The first-order valence-electron chi connectivity index (χ1n) is 6.48. The normalized spacial score (nSPS) is 17.8. The van der Waals surface area contributed by atoms with E-state index in [1.807, 2.05) is 13.0 Å². The lowest BCUT2D eigenvalue weighted by Gasteiger charge is -2.11. The molecule has 0 bridgehead atoms. The summed E-state index contributed by atoms with van der Waals surface area (Å²) in [5.74, 6) is 0.0811. The van der Waals surface area contributed by atoms with Gasteiger partial charge in [-0.3, -0.25) is 4.79 Å². The number of phenols is 1. The summed E-state index contributed by atoms with van der Waals surface area (Å²) in [6.45, 7) is 2.99. The lowest BCUT2D eigenvalue weighted by atomic mass is 10.1. The lowest BCUT2D eigenvalue weighted by molar-refractivity contribution is -0.116. The first-order valence-corrected chi connectivity index (χ1v) is 6.48. The van der Waals surface area contributed by atoms with Crippen LogP contribution in [0.4, 0.5) is 5.69 Å². The van der Waals surface area contributed by atoms with E-state index in [9.17, 15) is 9.90 Å². The third-order valence-electron chi connectivity index (χ3n) is 3.31. The van der Waals surface area contributed by atoms with E-state index in [-0.39, 0.29) is 24.1 Å². The molecule has 1 saturated heterocycles. The Morgan fingerprint density at radius 3 is 3.00 bits per heavy atom. The van der Waals surface area contributed by atoms with Crippen LogP contribution in [-0.2, 0) is 4.79 Å². The number of hydrogen-bond donors (Lipinski definition) is 3. The van der Waals surface area contributed by atoms with Gasteiger partial charge < -0.3 is 15.7 Å². The first kappa shape index (κ1) is 15.8. The van der Waals surface area contributed by atoms with Crippen LogP contribution in [0.5, 0.6) is 5.75 Å². The van der Waals surface area contributed by atoms with E-state index in [1.165, 1.54) is 6.42 Å². The van der Waals surface area contributed by atoms with Gasteiger partial charge in [0.05, 0.1) is 5.69 Å². The summed E-state index contributed by atoms with van der Waals surface area (Å²) in [6, 6.07) is 5.67. The Labute approximate surface area is 120 Å². The molecule has 0 spiro atoms. The van der Waals surface area contributed by atoms with Crippen molar-refractivity contribution in [3.63, 3.8) is 0 Å². The third-order valence-corrected chi connectivity index (χ3v) is 3.31. The van der Waals surface area contributed by atoms with Gasteiger partial charge >= 0.3 is 0 Å². The van der Waals surface area contributed by atoms with Crippen LogP contribution in [-0.4, -0.2) is 23.6 Å². The number of halogens is 1. The third kappa shape index (κ3) is 4.73. The van der Waals surface area contributed by atoms with Crippen LogP contribution in [0.15, 0.2) is 18.2 Å². The summed E-state index contributed by atoms with van der Waals surface area (Å²) in [5.41, 5.74) is 1.51. The van der Waals surface area contributed by atoms with Gasteiger partial charge in [-0.1, -0.05) is 6.07 Å². The second-order valence-corrected chi connectivity index (χ2v) is 4.90. The molecule has 1 aromatic carbocycles. The number of benzene rings is 1. The van der Waals surface area contributed by atoms with E-state index >= 15 is 0 Å². The zero-order valence-electron chi connectivity index (χ0n) is 11.1. The van der Waals surface area contributed by atoms with Crippen molar-refractivity contribution in [2.75, 3.05) is 11.9 Å². The number of aryl methyl sites for hydroxylation is 1. The van der Waals surface area contributed by atoms with E-state index < -0.39 is 0 Å². The van der Waals surface area contributed by atoms with E-state index in [1.54, 1.807) is 12.1 Å². The molecule has 4 nitrogen and oxygen atoms in total. The minimum atomic E-state index is -0.0374. The van der Waals surface area contributed by atoms with Crippen molar-refractivity contribution in [3.8, 4) is 5.75 Å². The van der Waals surface area contributed by atoms with Crippen molar-refractivity contribution < 1.29 is 9.90 Å². The highest BCUT2D eigenvalue weighted by Crippen LogP contribution is 2.24. The Bertz CT molecular complexity index is 431. The number of rotatable bonds is 4. The van der Waals surface area contributed by atoms with Crippen LogP contribution in [0.1, 0.15) is 31.2 Å². The van der Waals surface area contributed by atoms with Crippen molar-refractivity contribution in [2.24, 2.45) is 0 Å². The van der Waals surface area contributed by atoms with Crippen molar-refractivity contribution >= 4 is 24.0 Å². The molecule has 1 unspecified atom stereocenters. The van der Waals surface area contributed by atoms with Crippen molar-refractivity contribution in [1.29, 1.82) is 0 Å². The quantitative estimate of drug-likeness (QED) is 0.745. The monoisotopic (exact) mass is 284 g/mol. The smallest absolute Gasteiger partial charge is 0.224 e. The van der Waals surface area contributed by atoms with E-state index in [0.29, 0.717) is 18.2 Å². The second kappa shape index (κ2) is 7.36. The fourth-order valence-electron chi connectivity index (χ4n) is 2.27. The molecule has 1 heterocycles. The molecule has 1 aliphatic rings. The van der Waals surface area contributed by atoms with E-state index in [4.69, 9.17) is 0 Å². The fourth-order valence-corrected chi connectivity index (χ4v) is 2.27. The van der Waals surface area contributed by atoms with E-state index in [0.717, 1.165) is 24.9 Å². The number of phenolic OH excluding ortho intramolecular Hbond substituents is 1. The second-order valence-electron chi connectivity index (χ2n) is 4.90. The van der Waals surface area contributed by atoms with Crippen LogP contribution in [0.2, 0.25) is 0 Å². The van der Waals surface area contributed by atoms with Gasteiger partial charge in [0.2, 0.25) is 5.91 Å². The molecule has 5 heteroatoms. The summed E-state index contributed by atoms with van der Waals surface area (Å²) in [6.07, 6.45) is 3.71. The molecule has 0 aromatic heterocycles. The Hall–Kier alpha value is -1.26.